The van der Waals surface area contributed by atoms with Crippen molar-refractivity contribution in [2.24, 2.45) is 0 Å². The molecular weight excluding hydrogens is 412 g/mol. The van der Waals surface area contributed by atoms with Crippen LogP contribution in [-0.4, -0.2) is 10.8 Å². The Kier molecular flexibility index (Phi) is 6.45. The molecule has 1 aromatic heterocycles. The molecule has 1 heterocycles. The van der Waals surface area contributed by atoms with Gasteiger partial charge in [-0.2, -0.15) is 0 Å². The molecule has 0 spiro atoms. The summed E-state index contributed by atoms with van der Waals surface area (Å²) in [5, 5.41) is 0. The molecule has 0 fully saturated rings. The average molecular weight is 431 g/mol. The summed E-state index contributed by atoms with van der Waals surface area (Å²) < 4.78 is 1.80. The molecule has 0 unspecified atom stereocenters. The minimum absolute atomic E-state index is 0. The van der Waals surface area contributed by atoms with Crippen molar-refractivity contribution in [1.82, 2.24) is 4.98 Å². The number of benzene rings is 3. The lowest BCUT2D eigenvalue weighted by Crippen LogP contribution is -3.00. The first-order chi connectivity index (χ1) is 13.3. The highest BCUT2D eigenvalue weighted by Crippen LogP contribution is 2.23. The van der Waals surface area contributed by atoms with Gasteiger partial charge in [-0.3, -0.25) is 4.79 Å². The van der Waals surface area contributed by atoms with Crippen LogP contribution in [0.4, 0.5) is 0 Å². The van der Waals surface area contributed by atoms with Gasteiger partial charge in [0.1, 0.15) is 0 Å². The molecule has 0 bridgehead atoms. The lowest BCUT2D eigenvalue weighted by molar-refractivity contribution is -0.686. The van der Waals surface area contributed by atoms with Gasteiger partial charge in [-0.25, -0.2) is 4.57 Å². The van der Waals surface area contributed by atoms with Gasteiger partial charge in [0.25, 0.3) is 6.33 Å². The van der Waals surface area contributed by atoms with Gasteiger partial charge in [0.2, 0.25) is 5.78 Å². The van der Waals surface area contributed by atoms with E-state index in [2.05, 4.69) is 41.4 Å². The third kappa shape index (κ3) is 4.59. The van der Waals surface area contributed by atoms with Gasteiger partial charge in [-0.05, 0) is 28.2 Å². The predicted octanol–water partition coefficient (Wildman–Crippen LogP) is 1.59. The Bertz CT molecular complexity index is 1030. The van der Waals surface area contributed by atoms with Crippen LogP contribution >= 0.6 is 0 Å². The first-order valence-electron chi connectivity index (χ1n) is 8.89. The SMILES string of the molecule is O=C(C[n+]1ccc(-c2ccc(-c3ccccc3)cc2)nc1)c1ccccc1.[Br-]. The molecule has 3 aromatic carbocycles. The molecule has 4 rings (SSSR count). The molecule has 4 aromatic rings. The molecule has 0 radical (unpaired) electrons. The van der Waals surface area contributed by atoms with Crippen molar-refractivity contribution >= 4 is 5.78 Å². The van der Waals surface area contributed by atoms with Crippen molar-refractivity contribution in [2.75, 3.05) is 0 Å². The van der Waals surface area contributed by atoms with Crippen LogP contribution in [0.15, 0.2) is 104 Å². The highest BCUT2D eigenvalue weighted by Gasteiger charge is 2.11. The maximum atomic E-state index is 12.3. The molecule has 0 amide bonds. The van der Waals surface area contributed by atoms with Gasteiger partial charge in [0.05, 0.1) is 6.20 Å². The molecule has 0 saturated carbocycles. The lowest BCUT2D eigenvalue weighted by atomic mass is 10.0. The standard InChI is InChI=1S/C24H19N2O.BrH/c27-24(22-9-5-2-6-10-22)17-26-16-15-23(25-18-26)21-13-11-20(12-14-21)19-7-3-1-4-8-19;/h1-16,18H,17H2;1H/q+1;/p-1. The van der Waals surface area contributed by atoms with E-state index in [0.717, 1.165) is 11.3 Å². The van der Waals surface area contributed by atoms with Crippen molar-refractivity contribution in [1.29, 1.82) is 0 Å². The summed E-state index contributed by atoms with van der Waals surface area (Å²) in [6, 6.07) is 29.9. The Labute approximate surface area is 175 Å². The molecule has 0 aliphatic heterocycles. The van der Waals surface area contributed by atoms with Crippen LogP contribution in [0.2, 0.25) is 0 Å². The van der Waals surface area contributed by atoms with Gasteiger partial charge in [0, 0.05) is 17.2 Å². The Balaban J connectivity index is 0.00000225. The van der Waals surface area contributed by atoms with E-state index < -0.39 is 0 Å². The zero-order valence-electron chi connectivity index (χ0n) is 15.2. The minimum Gasteiger partial charge on any atom is -1.00 e. The third-order valence-corrected chi connectivity index (χ3v) is 4.48. The molecule has 0 aliphatic rings. The number of nitrogens with zero attached hydrogens (tertiary/aromatic N) is 2. The summed E-state index contributed by atoms with van der Waals surface area (Å²) in [5.74, 6) is 0.0716. The van der Waals surface area contributed by atoms with Crippen LogP contribution < -0.4 is 21.5 Å². The molecular formula is C24H19BrN2O. The normalized spacial score (nSPS) is 10.1. The monoisotopic (exact) mass is 430 g/mol. The van der Waals surface area contributed by atoms with E-state index in [1.54, 1.807) is 10.9 Å². The summed E-state index contributed by atoms with van der Waals surface area (Å²) in [7, 11) is 0. The van der Waals surface area contributed by atoms with Crippen molar-refractivity contribution < 1.29 is 26.3 Å². The average Bonchev–Trinajstić information content (AvgIpc) is 2.76. The lowest BCUT2D eigenvalue weighted by Gasteiger charge is -2.03. The molecule has 0 aliphatic carbocycles. The number of halogens is 1. The van der Waals surface area contributed by atoms with Crippen LogP contribution in [0.5, 0.6) is 0 Å². The Morgan fingerprint density at radius 3 is 1.89 bits per heavy atom. The van der Waals surface area contributed by atoms with Crippen LogP contribution in [0.3, 0.4) is 0 Å². The molecule has 0 saturated heterocycles. The zero-order chi connectivity index (χ0) is 18.5. The van der Waals surface area contributed by atoms with Crippen LogP contribution in [0.25, 0.3) is 22.4 Å². The largest absolute Gasteiger partial charge is 1.00 e. The Hall–Kier alpha value is -3.11. The molecule has 3 nitrogen and oxygen atoms in total. The maximum Gasteiger partial charge on any atom is 0.287 e. The van der Waals surface area contributed by atoms with Gasteiger partial charge < -0.3 is 17.0 Å². The van der Waals surface area contributed by atoms with E-state index in [0.29, 0.717) is 5.56 Å². The summed E-state index contributed by atoms with van der Waals surface area (Å²) >= 11 is 0. The smallest absolute Gasteiger partial charge is 0.287 e. The highest BCUT2D eigenvalue weighted by atomic mass is 79.9. The molecule has 4 heteroatoms. The predicted molar refractivity (Wildman–Crippen MR) is 106 cm³/mol. The van der Waals surface area contributed by atoms with Gasteiger partial charge in [-0.15, -0.1) is 0 Å². The zero-order valence-corrected chi connectivity index (χ0v) is 16.8. The minimum atomic E-state index is 0. The van der Waals surface area contributed by atoms with Crippen LogP contribution in [0.1, 0.15) is 10.4 Å². The Morgan fingerprint density at radius 1 is 0.714 bits per heavy atom. The summed E-state index contributed by atoms with van der Waals surface area (Å²) in [6.45, 7) is 0.282. The highest BCUT2D eigenvalue weighted by molar-refractivity contribution is 5.94. The van der Waals surface area contributed by atoms with Crippen molar-refractivity contribution in [2.45, 2.75) is 6.54 Å². The number of hydrogen-bond donors (Lipinski definition) is 0. The van der Waals surface area contributed by atoms with Crippen LogP contribution in [0, 0.1) is 0 Å². The molecule has 0 N–H and O–H groups in total. The first-order valence-corrected chi connectivity index (χ1v) is 8.89. The van der Waals surface area contributed by atoms with Gasteiger partial charge in [-0.1, -0.05) is 72.8 Å². The van der Waals surface area contributed by atoms with Gasteiger partial charge in [0.15, 0.2) is 12.2 Å². The maximum absolute atomic E-state index is 12.3. The van der Waals surface area contributed by atoms with E-state index in [1.807, 2.05) is 60.8 Å². The molecule has 0 atom stereocenters. The van der Waals surface area contributed by atoms with E-state index in [9.17, 15) is 4.79 Å². The van der Waals surface area contributed by atoms with E-state index in [4.69, 9.17) is 0 Å². The number of hydrogen-bond acceptors (Lipinski definition) is 2. The second kappa shape index (κ2) is 9.20. The molecule has 28 heavy (non-hydrogen) atoms. The number of Topliss-reactive ketones (excluding diaryl/α,β-unsaturated/α-hetero) is 1. The third-order valence-electron chi connectivity index (χ3n) is 4.48. The van der Waals surface area contributed by atoms with Crippen molar-refractivity contribution in [3.05, 3.63) is 109 Å². The topological polar surface area (TPSA) is 33.8 Å². The van der Waals surface area contributed by atoms with Crippen LogP contribution in [-0.2, 0) is 6.54 Å². The van der Waals surface area contributed by atoms with E-state index in [1.165, 1.54) is 11.1 Å². The molecule has 138 valence electrons. The summed E-state index contributed by atoms with van der Waals surface area (Å²) in [5.41, 5.74) is 5.03. The van der Waals surface area contributed by atoms with Crippen molar-refractivity contribution in [3.8, 4) is 22.4 Å². The fourth-order valence-electron chi connectivity index (χ4n) is 2.99. The van der Waals surface area contributed by atoms with Crippen molar-refractivity contribution in [3.63, 3.8) is 0 Å². The Morgan fingerprint density at radius 2 is 1.29 bits per heavy atom. The van der Waals surface area contributed by atoms with E-state index >= 15 is 0 Å². The second-order valence-electron chi connectivity index (χ2n) is 6.35. The number of rotatable bonds is 5. The number of carbonyl (C=O) groups excluding carboxylic acids is 1. The first kappa shape index (κ1) is 19.6. The number of carbonyl (C=O) groups is 1. The van der Waals surface area contributed by atoms with Gasteiger partial charge >= 0.3 is 0 Å². The number of aromatic nitrogens is 2. The summed E-state index contributed by atoms with van der Waals surface area (Å²) in [6.07, 6.45) is 3.61. The second-order valence-corrected chi connectivity index (χ2v) is 6.35. The fourth-order valence-corrected chi connectivity index (χ4v) is 2.99. The number of ketones is 1. The fraction of sp³-hybridized carbons (Fsp3) is 0.0417. The summed E-state index contributed by atoms with van der Waals surface area (Å²) in [4.78, 5) is 16.8. The quantitative estimate of drug-likeness (QED) is 0.355. The van der Waals surface area contributed by atoms with E-state index in [-0.39, 0.29) is 29.3 Å².